The minimum absolute atomic E-state index is 0.321. The number of nitrogens with zero attached hydrogens (tertiary/aromatic N) is 3. The molecule has 6 heteroatoms. The van der Waals surface area contributed by atoms with Gasteiger partial charge in [-0.05, 0) is 75.3 Å². The van der Waals surface area contributed by atoms with E-state index in [0.717, 1.165) is 99.1 Å². The lowest BCUT2D eigenvalue weighted by Crippen LogP contribution is -2.33. The number of amidine groups is 2. The van der Waals surface area contributed by atoms with E-state index in [1.807, 2.05) is 73.1 Å². The van der Waals surface area contributed by atoms with Gasteiger partial charge in [0, 0.05) is 50.5 Å². The molecular formula is C46H28N4O2. The van der Waals surface area contributed by atoms with Gasteiger partial charge in [-0.15, -0.1) is 0 Å². The maximum Gasteiger partial charge on any atom is 0.159 e. The highest BCUT2D eigenvalue weighted by atomic mass is 16.3. The number of aromatic nitrogens is 1. The Kier molecular flexibility index (Phi) is 6.21. The number of aliphatic imine (C=N–C) groups is 2. The third kappa shape index (κ3) is 4.48. The molecule has 52 heavy (non-hydrogen) atoms. The summed E-state index contributed by atoms with van der Waals surface area (Å²) in [4.78, 5) is 14.7. The summed E-state index contributed by atoms with van der Waals surface area (Å²) in [6.07, 6.45) is 3.39. The zero-order chi connectivity index (χ0) is 34.2. The van der Waals surface area contributed by atoms with Gasteiger partial charge in [0.15, 0.2) is 5.84 Å². The average molecular weight is 669 g/mol. The SMILES string of the molecule is c1ccc(C2N=C(c3ccc4c(-c5cccc6oc7cc8cnccc8cc7c56)cccc4c3)N=C(c3cccc4oc5ccccc5c34)N2)cc1. The molecule has 0 saturated carbocycles. The van der Waals surface area contributed by atoms with Crippen molar-refractivity contribution in [2.75, 3.05) is 0 Å². The molecule has 0 saturated heterocycles. The molecule has 0 amide bonds. The van der Waals surface area contributed by atoms with E-state index < -0.39 is 0 Å². The minimum atomic E-state index is -0.321. The molecule has 1 unspecified atom stereocenters. The van der Waals surface area contributed by atoms with Crippen LogP contribution in [-0.4, -0.2) is 16.7 Å². The Morgan fingerprint density at radius 2 is 1.25 bits per heavy atom. The topological polar surface area (TPSA) is 75.9 Å². The molecule has 11 rings (SSSR count). The number of pyridine rings is 1. The molecule has 7 aromatic carbocycles. The number of para-hydroxylation sites is 1. The van der Waals surface area contributed by atoms with Gasteiger partial charge in [0.25, 0.3) is 0 Å². The number of fused-ring (bicyclic) bond motifs is 8. The van der Waals surface area contributed by atoms with Gasteiger partial charge < -0.3 is 14.2 Å². The van der Waals surface area contributed by atoms with Crippen LogP contribution >= 0.6 is 0 Å². The molecule has 0 fully saturated rings. The Hall–Kier alpha value is -7.05. The van der Waals surface area contributed by atoms with Crippen LogP contribution in [0.25, 0.3) is 76.5 Å². The van der Waals surface area contributed by atoms with E-state index in [1.54, 1.807) is 0 Å². The highest BCUT2D eigenvalue weighted by Gasteiger charge is 2.24. The monoisotopic (exact) mass is 668 g/mol. The quantitative estimate of drug-likeness (QED) is 0.202. The molecular weight excluding hydrogens is 641 g/mol. The van der Waals surface area contributed by atoms with Crippen molar-refractivity contribution in [2.24, 2.45) is 9.98 Å². The first-order chi connectivity index (χ1) is 25.7. The van der Waals surface area contributed by atoms with Crippen molar-refractivity contribution in [1.82, 2.24) is 10.3 Å². The van der Waals surface area contributed by atoms with Gasteiger partial charge in [0.1, 0.15) is 34.3 Å². The van der Waals surface area contributed by atoms with Crippen LogP contribution in [0.4, 0.5) is 0 Å². The lowest BCUT2D eigenvalue weighted by Gasteiger charge is -2.24. The van der Waals surface area contributed by atoms with Crippen molar-refractivity contribution in [1.29, 1.82) is 0 Å². The van der Waals surface area contributed by atoms with E-state index in [2.05, 4.69) is 95.2 Å². The third-order valence-electron chi connectivity index (χ3n) is 10.2. The lowest BCUT2D eigenvalue weighted by atomic mass is 9.93. The fourth-order valence-corrected chi connectivity index (χ4v) is 7.78. The van der Waals surface area contributed by atoms with Crippen molar-refractivity contribution >= 4 is 77.1 Å². The predicted molar refractivity (Wildman–Crippen MR) is 211 cm³/mol. The summed E-state index contributed by atoms with van der Waals surface area (Å²) in [5.41, 5.74) is 8.65. The van der Waals surface area contributed by atoms with E-state index in [-0.39, 0.29) is 6.17 Å². The largest absolute Gasteiger partial charge is 0.456 e. The molecule has 0 bridgehead atoms. The second-order valence-electron chi connectivity index (χ2n) is 13.2. The molecule has 244 valence electrons. The Bertz CT molecular complexity index is 3120. The zero-order valence-electron chi connectivity index (χ0n) is 27.7. The van der Waals surface area contributed by atoms with Crippen LogP contribution in [0.5, 0.6) is 0 Å². The highest BCUT2D eigenvalue weighted by Crippen LogP contribution is 2.41. The van der Waals surface area contributed by atoms with Crippen molar-refractivity contribution < 1.29 is 8.83 Å². The average Bonchev–Trinajstić information content (AvgIpc) is 3.77. The summed E-state index contributed by atoms with van der Waals surface area (Å²) in [5.74, 6) is 1.43. The van der Waals surface area contributed by atoms with E-state index >= 15 is 0 Å². The summed E-state index contributed by atoms with van der Waals surface area (Å²) in [5, 5.41) is 12.4. The number of hydrogen-bond acceptors (Lipinski definition) is 6. The molecule has 6 nitrogen and oxygen atoms in total. The molecule has 0 spiro atoms. The predicted octanol–water partition coefficient (Wildman–Crippen LogP) is 11.3. The standard InChI is InChI=1S/C46H28N4O2/c1-2-9-27(10-3-1)44-48-45(50-46(49-44)36-15-8-18-40-43(36)35-12-4-5-16-38(35)51-40)30-19-20-32-29(23-30)11-6-13-33(32)34-14-7-17-39-42(34)37-24-28-21-22-47-26-31(28)25-41(37)52-39/h1-26,44H,(H,48,49,50). The van der Waals surface area contributed by atoms with Crippen LogP contribution in [0.1, 0.15) is 22.9 Å². The smallest absolute Gasteiger partial charge is 0.159 e. The Morgan fingerprint density at radius 3 is 2.15 bits per heavy atom. The molecule has 1 aliphatic rings. The molecule has 0 radical (unpaired) electrons. The number of rotatable bonds is 4. The maximum absolute atomic E-state index is 6.40. The Labute approximate surface area is 297 Å². The molecule has 1 atom stereocenters. The Balaban J connectivity index is 1.07. The van der Waals surface area contributed by atoms with Gasteiger partial charge >= 0.3 is 0 Å². The van der Waals surface area contributed by atoms with Gasteiger partial charge in [0.2, 0.25) is 0 Å². The van der Waals surface area contributed by atoms with Gasteiger partial charge in [-0.1, -0.05) is 103 Å². The summed E-state index contributed by atoms with van der Waals surface area (Å²) in [7, 11) is 0. The molecule has 0 aliphatic carbocycles. The highest BCUT2D eigenvalue weighted by molar-refractivity contribution is 6.22. The number of benzene rings is 7. The molecule has 1 aliphatic heterocycles. The molecule has 1 N–H and O–H groups in total. The fraction of sp³-hybridized carbons (Fsp3) is 0.0217. The van der Waals surface area contributed by atoms with E-state index in [1.165, 1.54) is 0 Å². The first-order valence-corrected chi connectivity index (χ1v) is 17.4. The summed E-state index contributed by atoms with van der Waals surface area (Å²) < 4.78 is 12.6. The summed E-state index contributed by atoms with van der Waals surface area (Å²) in [6.45, 7) is 0. The van der Waals surface area contributed by atoms with Crippen LogP contribution in [-0.2, 0) is 0 Å². The third-order valence-corrected chi connectivity index (χ3v) is 10.2. The first kappa shape index (κ1) is 28.8. The second kappa shape index (κ2) is 11.2. The first-order valence-electron chi connectivity index (χ1n) is 17.4. The van der Waals surface area contributed by atoms with E-state index in [0.29, 0.717) is 5.84 Å². The van der Waals surface area contributed by atoms with Crippen molar-refractivity contribution in [3.05, 3.63) is 175 Å². The number of hydrogen-bond donors (Lipinski definition) is 1. The van der Waals surface area contributed by atoms with Crippen molar-refractivity contribution in [3.63, 3.8) is 0 Å². The summed E-state index contributed by atoms with van der Waals surface area (Å²) in [6, 6.07) is 50.3. The van der Waals surface area contributed by atoms with Crippen LogP contribution in [0.3, 0.4) is 0 Å². The lowest BCUT2D eigenvalue weighted by molar-refractivity contribution is 0.667. The molecule has 3 aromatic heterocycles. The number of nitrogens with one attached hydrogen (secondary N) is 1. The van der Waals surface area contributed by atoms with Crippen molar-refractivity contribution in [3.8, 4) is 11.1 Å². The summed E-state index contributed by atoms with van der Waals surface area (Å²) >= 11 is 0. The molecule has 10 aromatic rings. The maximum atomic E-state index is 6.40. The van der Waals surface area contributed by atoms with Crippen LogP contribution < -0.4 is 5.32 Å². The van der Waals surface area contributed by atoms with Crippen molar-refractivity contribution in [2.45, 2.75) is 6.17 Å². The van der Waals surface area contributed by atoms with E-state index in [9.17, 15) is 0 Å². The number of furan rings is 2. The van der Waals surface area contributed by atoms with Crippen LogP contribution in [0.2, 0.25) is 0 Å². The van der Waals surface area contributed by atoms with Crippen LogP contribution in [0, 0.1) is 0 Å². The normalized spacial score (nSPS) is 14.7. The van der Waals surface area contributed by atoms with E-state index in [4.69, 9.17) is 18.8 Å². The minimum Gasteiger partial charge on any atom is -0.456 e. The van der Waals surface area contributed by atoms with Crippen LogP contribution in [0.15, 0.2) is 177 Å². The second-order valence-corrected chi connectivity index (χ2v) is 13.2. The Morgan fingerprint density at radius 1 is 0.500 bits per heavy atom. The zero-order valence-corrected chi connectivity index (χ0v) is 27.7. The van der Waals surface area contributed by atoms with Gasteiger partial charge in [0.05, 0.1) is 0 Å². The molecule has 4 heterocycles. The fourth-order valence-electron chi connectivity index (χ4n) is 7.78. The van der Waals surface area contributed by atoms with Gasteiger partial charge in [-0.2, -0.15) is 0 Å². The van der Waals surface area contributed by atoms with Gasteiger partial charge in [-0.25, -0.2) is 9.98 Å². The van der Waals surface area contributed by atoms with Gasteiger partial charge in [-0.3, -0.25) is 4.98 Å².